The fourth-order valence-electron chi connectivity index (χ4n) is 1.72. The Labute approximate surface area is 122 Å². The number of halogens is 2. The number of hydrogen-bond donors (Lipinski definition) is 1. The van der Waals surface area contributed by atoms with Crippen LogP contribution in [0, 0.1) is 5.82 Å². The monoisotopic (exact) mass is 346 g/mol. The average molecular weight is 347 g/mol. The Hall–Kier alpha value is -1.11. The number of benzene rings is 1. The van der Waals surface area contributed by atoms with E-state index in [0.717, 1.165) is 4.47 Å². The number of methoxy groups -OCH3 is 2. The number of aliphatic hydroxyl groups is 1. The molecule has 0 saturated carbocycles. The second kappa shape index (κ2) is 5.90. The lowest BCUT2D eigenvalue weighted by Gasteiger charge is -2.15. The van der Waals surface area contributed by atoms with Gasteiger partial charge < -0.3 is 14.6 Å². The normalized spacial score (nSPS) is 12.3. The number of ether oxygens (including phenoxy) is 2. The third kappa shape index (κ3) is 2.75. The predicted molar refractivity (Wildman–Crippen MR) is 75.6 cm³/mol. The van der Waals surface area contributed by atoms with Crippen LogP contribution in [-0.2, 0) is 0 Å². The van der Waals surface area contributed by atoms with Crippen molar-refractivity contribution in [1.29, 1.82) is 0 Å². The van der Waals surface area contributed by atoms with E-state index in [1.165, 1.54) is 37.7 Å². The predicted octanol–water partition coefficient (Wildman–Crippen LogP) is 3.75. The molecule has 0 bridgehead atoms. The third-order valence-electron chi connectivity index (χ3n) is 2.69. The van der Waals surface area contributed by atoms with E-state index < -0.39 is 11.9 Å². The van der Waals surface area contributed by atoms with Gasteiger partial charge in [0.2, 0.25) is 0 Å². The summed E-state index contributed by atoms with van der Waals surface area (Å²) in [5, 5.41) is 12.1. The smallest absolute Gasteiger partial charge is 0.163 e. The molecule has 1 N–H and O–H groups in total. The van der Waals surface area contributed by atoms with Crippen molar-refractivity contribution in [1.82, 2.24) is 0 Å². The largest absolute Gasteiger partial charge is 0.493 e. The van der Waals surface area contributed by atoms with E-state index in [4.69, 9.17) is 9.47 Å². The average Bonchev–Trinajstić information content (AvgIpc) is 2.83. The van der Waals surface area contributed by atoms with Gasteiger partial charge in [0.25, 0.3) is 0 Å². The lowest BCUT2D eigenvalue weighted by atomic mass is 10.1. The van der Waals surface area contributed by atoms with Crippen LogP contribution in [0.25, 0.3) is 0 Å². The van der Waals surface area contributed by atoms with Crippen molar-refractivity contribution in [2.45, 2.75) is 6.10 Å². The van der Waals surface area contributed by atoms with Gasteiger partial charge in [0, 0.05) is 16.1 Å². The van der Waals surface area contributed by atoms with Gasteiger partial charge in [-0.3, -0.25) is 0 Å². The maximum absolute atomic E-state index is 14.0. The zero-order chi connectivity index (χ0) is 14.0. The highest BCUT2D eigenvalue weighted by molar-refractivity contribution is 9.10. The van der Waals surface area contributed by atoms with E-state index in [1.807, 2.05) is 11.4 Å². The standard InChI is InChI=1S/C13H12BrFO3S/c1-17-10-5-7(9(15)6-11(10)18-2)12(16)13-8(14)3-4-19-13/h3-6,12,16H,1-2H3. The maximum atomic E-state index is 14.0. The van der Waals surface area contributed by atoms with Crippen molar-refractivity contribution in [3.05, 3.63) is 44.3 Å². The lowest BCUT2D eigenvalue weighted by molar-refractivity contribution is 0.217. The van der Waals surface area contributed by atoms with Crippen LogP contribution in [0.15, 0.2) is 28.1 Å². The maximum Gasteiger partial charge on any atom is 0.163 e. The zero-order valence-electron chi connectivity index (χ0n) is 10.3. The third-order valence-corrected chi connectivity index (χ3v) is 4.61. The minimum Gasteiger partial charge on any atom is -0.493 e. The number of hydrogen-bond acceptors (Lipinski definition) is 4. The molecule has 19 heavy (non-hydrogen) atoms. The summed E-state index contributed by atoms with van der Waals surface area (Å²) in [6, 6.07) is 4.46. The summed E-state index contributed by atoms with van der Waals surface area (Å²) in [5.41, 5.74) is 0.154. The lowest BCUT2D eigenvalue weighted by Crippen LogP contribution is -2.03. The molecule has 1 aromatic heterocycles. The van der Waals surface area contributed by atoms with Crippen molar-refractivity contribution < 1.29 is 19.0 Å². The summed E-state index contributed by atoms with van der Waals surface area (Å²) in [4.78, 5) is 0.645. The van der Waals surface area contributed by atoms with Gasteiger partial charge in [0.1, 0.15) is 11.9 Å². The number of rotatable bonds is 4. The van der Waals surface area contributed by atoms with Crippen LogP contribution in [0.5, 0.6) is 11.5 Å². The molecule has 0 amide bonds. The summed E-state index contributed by atoms with van der Waals surface area (Å²) in [6.45, 7) is 0. The first-order valence-electron chi connectivity index (χ1n) is 5.40. The Bertz CT molecular complexity index is 585. The molecule has 2 aromatic rings. The van der Waals surface area contributed by atoms with Gasteiger partial charge in [-0.15, -0.1) is 11.3 Å². The first-order chi connectivity index (χ1) is 9.08. The van der Waals surface area contributed by atoms with Crippen LogP contribution in [-0.4, -0.2) is 19.3 Å². The van der Waals surface area contributed by atoms with Crippen LogP contribution < -0.4 is 9.47 Å². The van der Waals surface area contributed by atoms with Gasteiger partial charge in [-0.05, 0) is 33.4 Å². The van der Waals surface area contributed by atoms with Crippen LogP contribution >= 0.6 is 27.3 Å². The highest BCUT2D eigenvalue weighted by Gasteiger charge is 2.21. The summed E-state index contributed by atoms with van der Waals surface area (Å²) >= 11 is 4.67. The highest BCUT2D eigenvalue weighted by Crippen LogP contribution is 2.38. The molecular formula is C13H12BrFO3S. The van der Waals surface area contributed by atoms with Crippen molar-refractivity contribution in [2.75, 3.05) is 14.2 Å². The Morgan fingerprint density at radius 2 is 1.89 bits per heavy atom. The number of thiophene rings is 1. The SMILES string of the molecule is COc1cc(F)c(C(O)c2sccc2Br)cc1OC. The van der Waals surface area contributed by atoms with Gasteiger partial charge in [0.15, 0.2) is 11.5 Å². The number of aliphatic hydroxyl groups excluding tert-OH is 1. The fourth-order valence-corrected chi connectivity index (χ4v) is 3.31. The minimum atomic E-state index is -1.05. The molecule has 0 aliphatic heterocycles. The molecule has 102 valence electrons. The van der Waals surface area contributed by atoms with Crippen LogP contribution in [0.4, 0.5) is 4.39 Å². The molecule has 1 atom stereocenters. The van der Waals surface area contributed by atoms with Crippen molar-refractivity contribution >= 4 is 27.3 Å². The van der Waals surface area contributed by atoms with E-state index in [2.05, 4.69) is 15.9 Å². The molecule has 0 saturated heterocycles. The van der Waals surface area contributed by atoms with E-state index >= 15 is 0 Å². The van der Waals surface area contributed by atoms with Crippen LogP contribution in [0.3, 0.4) is 0 Å². The van der Waals surface area contributed by atoms with E-state index in [0.29, 0.717) is 16.4 Å². The van der Waals surface area contributed by atoms with Crippen LogP contribution in [0.1, 0.15) is 16.5 Å². The molecule has 1 aromatic carbocycles. The quantitative estimate of drug-likeness (QED) is 0.916. The van der Waals surface area contributed by atoms with Gasteiger partial charge in [-0.2, -0.15) is 0 Å². The van der Waals surface area contributed by atoms with Gasteiger partial charge >= 0.3 is 0 Å². The van der Waals surface area contributed by atoms with Gasteiger partial charge in [0.05, 0.1) is 19.1 Å². The first kappa shape index (κ1) is 14.3. The second-order valence-electron chi connectivity index (χ2n) is 3.76. The van der Waals surface area contributed by atoms with Crippen molar-refractivity contribution in [2.24, 2.45) is 0 Å². The minimum absolute atomic E-state index is 0.154. The second-order valence-corrected chi connectivity index (χ2v) is 5.57. The van der Waals surface area contributed by atoms with E-state index in [1.54, 1.807) is 0 Å². The summed E-state index contributed by atoms with van der Waals surface area (Å²) in [5.74, 6) is 0.136. The molecule has 2 rings (SSSR count). The fraction of sp³-hybridized carbons (Fsp3) is 0.231. The molecule has 0 aliphatic carbocycles. The molecule has 1 unspecified atom stereocenters. The molecule has 0 spiro atoms. The molecule has 0 radical (unpaired) electrons. The van der Waals surface area contributed by atoms with Gasteiger partial charge in [-0.25, -0.2) is 4.39 Å². The summed E-state index contributed by atoms with van der Waals surface area (Å²) in [7, 11) is 2.90. The zero-order valence-corrected chi connectivity index (χ0v) is 12.7. The molecule has 6 heteroatoms. The van der Waals surface area contributed by atoms with E-state index in [-0.39, 0.29) is 5.56 Å². The Morgan fingerprint density at radius 1 is 1.26 bits per heavy atom. The topological polar surface area (TPSA) is 38.7 Å². The molecule has 0 aliphatic rings. The Morgan fingerprint density at radius 3 is 2.42 bits per heavy atom. The first-order valence-corrected chi connectivity index (χ1v) is 7.08. The molecule has 1 heterocycles. The molecule has 0 fully saturated rings. The van der Waals surface area contributed by atoms with Crippen molar-refractivity contribution in [3.8, 4) is 11.5 Å². The van der Waals surface area contributed by atoms with Gasteiger partial charge in [-0.1, -0.05) is 0 Å². The Kier molecular flexibility index (Phi) is 4.44. The van der Waals surface area contributed by atoms with Crippen LogP contribution in [0.2, 0.25) is 0 Å². The van der Waals surface area contributed by atoms with Crippen molar-refractivity contribution in [3.63, 3.8) is 0 Å². The van der Waals surface area contributed by atoms with E-state index in [9.17, 15) is 9.50 Å². The molecule has 3 nitrogen and oxygen atoms in total. The summed E-state index contributed by atoms with van der Waals surface area (Å²) in [6.07, 6.45) is -1.05. The molecular weight excluding hydrogens is 335 g/mol. The highest BCUT2D eigenvalue weighted by atomic mass is 79.9. The summed E-state index contributed by atoms with van der Waals surface area (Å²) < 4.78 is 24.9. The Balaban J connectivity index is 2.48.